The number of hydrogen-bond donors (Lipinski definition) is 1. The number of rotatable bonds is 13. The molecule has 0 amide bonds. The summed E-state index contributed by atoms with van der Waals surface area (Å²) in [5.74, 6) is 0.402. The van der Waals surface area contributed by atoms with E-state index in [-0.39, 0.29) is 5.97 Å². The number of unbranched alkanes of at least 4 members (excludes halogenated alkanes) is 8. The zero-order valence-electron chi connectivity index (χ0n) is 13.0. The van der Waals surface area contributed by atoms with Gasteiger partial charge in [-0.1, -0.05) is 58.8 Å². The standard InChI is InChI=1S/C16H33NO2/c1-15(2)14-19-16(18)12-10-8-6-4-3-5-7-9-11-13-17/h15H,3-14,17H2,1-2H3. The van der Waals surface area contributed by atoms with Crippen molar-refractivity contribution in [2.45, 2.75) is 78.1 Å². The lowest BCUT2D eigenvalue weighted by atomic mass is 10.1. The van der Waals surface area contributed by atoms with Gasteiger partial charge in [0.15, 0.2) is 0 Å². The van der Waals surface area contributed by atoms with Gasteiger partial charge in [0.05, 0.1) is 6.61 Å². The minimum atomic E-state index is -0.0320. The van der Waals surface area contributed by atoms with Crippen LogP contribution in [-0.4, -0.2) is 19.1 Å². The average molecular weight is 271 g/mol. The molecule has 0 spiro atoms. The average Bonchev–Trinajstić information content (AvgIpc) is 2.38. The lowest BCUT2D eigenvalue weighted by molar-refractivity contribution is -0.144. The van der Waals surface area contributed by atoms with Crippen LogP contribution in [0.1, 0.15) is 78.1 Å². The van der Waals surface area contributed by atoms with E-state index in [1.54, 1.807) is 0 Å². The Balaban J connectivity index is 3.11. The molecule has 0 aliphatic heterocycles. The van der Waals surface area contributed by atoms with E-state index >= 15 is 0 Å². The molecular weight excluding hydrogens is 238 g/mol. The molecule has 0 heterocycles. The third-order valence-electron chi connectivity index (χ3n) is 3.16. The predicted molar refractivity (Wildman–Crippen MR) is 81.0 cm³/mol. The van der Waals surface area contributed by atoms with Crippen LogP contribution in [0.15, 0.2) is 0 Å². The Morgan fingerprint density at radius 1 is 0.895 bits per heavy atom. The van der Waals surface area contributed by atoms with E-state index in [0.717, 1.165) is 19.4 Å². The Kier molecular flexibility index (Phi) is 13.4. The lowest BCUT2D eigenvalue weighted by Gasteiger charge is -2.06. The first-order chi connectivity index (χ1) is 9.16. The van der Waals surface area contributed by atoms with Crippen LogP contribution in [0.3, 0.4) is 0 Å². The molecular formula is C16H33NO2. The molecule has 0 fully saturated rings. The zero-order chi connectivity index (χ0) is 14.3. The summed E-state index contributed by atoms with van der Waals surface area (Å²) in [5, 5.41) is 0. The molecule has 0 radical (unpaired) electrons. The molecule has 0 saturated heterocycles. The monoisotopic (exact) mass is 271 g/mol. The number of esters is 1. The quantitative estimate of drug-likeness (QED) is 0.406. The molecule has 0 aliphatic carbocycles. The van der Waals surface area contributed by atoms with Crippen molar-refractivity contribution in [3.8, 4) is 0 Å². The molecule has 114 valence electrons. The molecule has 0 atom stereocenters. The van der Waals surface area contributed by atoms with E-state index in [4.69, 9.17) is 10.5 Å². The normalized spacial score (nSPS) is 10.9. The second kappa shape index (κ2) is 13.9. The highest BCUT2D eigenvalue weighted by molar-refractivity contribution is 5.69. The Labute approximate surface area is 119 Å². The van der Waals surface area contributed by atoms with Crippen LogP contribution in [0.5, 0.6) is 0 Å². The van der Waals surface area contributed by atoms with Gasteiger partial charge in [-0.2, -0.15) is 0 Å². The second-order valence-electron chi connectivity index (χ2n) is 5.80. The minimum absolute atomic E-state index is 0.0320. The molecule has 0 aromatic heterocycles. The highest BCUT2D eigenvalue weighted by atomic mass is 16.5. The van der Waals surface area contributed by atoms with Crippen molar-refractivity contribution in [3.05, 3.63) is 0 Å². The van der Waals surface area contributed by atoms with Crippen molar-refractivity contribution in [1.29, 1.82) is 0 Å². The summed E-state index contributed by atoms with van der Waals surface area (Å²) in [5.41, 5.74) is 5.45. The number of nitrogens with two attached hydrogens (primary N) is 1. The van der Waals surface area contributed by atoms with Crippen LogP contribution in [0.2, 0.25) is 0 Å². The summed E-state index contributed by atoms with van der Waals surface area (Å²) in [4.78, 5) is 11.4. The number of hydrogen-bond acceptors (Lipinski definition) is 3. The topological polar surface area (TPSA) is 52.3 Å². The number of ether oxygens (including phenoxy) is 1. The van der Waals surface area contributed by atoms with Crippen LogP contribution >= 0.6 is 0 Å². The van der Waals surface area contributed by atoms with E-state index < -0.39 is 0 Å². The van der Waals surface area contributed by atoms with E-state index in [9.17, 15) is 4.79 Å². The van der Waals surface area contributed by atoms with Crippen molar-refractivity contribution < 1.29 is 9.53 Å². The molecule has 0 aromatic rings. The fourth-order valence-electron chi connectivity index (χ4n) is 1.98. The molecule has 3 nitrogen and oxygen atoms in total. The maximum Gasteiger partial charge on any atom is 0.305 e. The van der Waals surface area contributed by atoms with Crippen LogP contribution < -0.4 is 5.73 Å². The molecule has 0 saturated carbocycles. The maximum atomic E-state index is 11.4. The second-order valence-corrected chi connectivity index (χ2v) is 5.80. The van der Waals surface area contributed by atoms with Gasteiger partial charge < -0.3 is 10.5 Å². The van der Waals surface area contributed by atoms with Gasteiger partial charge >= 0.3 is 5.97 Å². The summed E-state index contributed by atoms with van der Waals surface area (Å²) >= 11 is 0. The van der Waals surface area contributed by atoms with Crippen LogP contribution in [-0.2, 0) is 9.53 Å². The largest absolute Gasteiger partial charge is 0.465 e. The summed E-state index contributed by atoms with van der Waals surface area (Å²) in [6, 6.07) is 0. The molecule has 0 unspecified atom stereocenters. The van der Waals surface area contributed by atoms with Gasteiger partial charge in [0.25, 0.3) is 0 Å². The third-order valence-corrected chi connectivity index (χ3v) is 3.16. The van der Waals surface area contributed by atoms with Crippen molar-refractivity contribution in [3.63, 3.8) is 0 Å². The van der Waals surface area contributed by atoms with Crippen molar-refractivity contribution in [1.82, 2.24) is 0 Å². The maximum absolute atomic E-state index is 11.4. The molecule has 19 heavy (non-hydrogen) atoms. The van der Waals surface area contributed by atoms with Gasteiger partial charge in [0.2, 0.25) is 0 Å². The van der Waals surface area contributed by atoms with Crippen molar-refractivity contribution in [2.75, 3.05) is 13.2 Å². The van der Waals surface area contributed by atoms with Crippen LogP contribution in [0.25, 0.3) is 0 Å². The van der Waals surface area contributed by atoms with E-state index in [1.165, 1.54) is 44.9 Å². The third kappa shape index (κ3) is 15.4. The Hall–Kier alpha value is -0.570. The molecule has 2 N–H and O–H groups in total. The van der Waals surface area contributed by atoms with Gasteiger partial charge in [-0.3, -0.25) is 4.79 Å². The predicted octanol–water partition coefficient (Wildman–Crippen LogP) is 4.05. The summed E-state index contributed by atoms with van der Waals surface area (Å²) in [7, 11) is 0. The minimum Gasteiger partial charge on any atom is -0.465 e. The zero-order valence-corrected chi connectivity index (χ0v) is 13.0. The van der Waals surface area contributed by atoms with Gasteiger partial charge in [-0.05, 0) is 25.3 Å². The fraction of sp³-hybridized carbons (Fsp3) is 0.938. The van der Waals surface area contributed by atoms with Crippen LogP contribution in [0, 0.1) is 5.92 Å². The van der Waals surface area contributed by atoms with Crippen LogP contribution in [0.4, 0.5) is 0 Å². The summed E-state index contributed by atoms with van der Waals surface area (Å²) in [6.07, 6.45) is 11.7. The Bertz CT molecular complexity index is 205. The lowest BCUT2D eigenvalue weighted by Crippen LogP contribution is -2.09. The van der Waals surface area contributed by atoms with E-state index in [0.29, 0.717) is 18.9 Å². The first-order valence-electron chi connectivity index (χ1n) is 8.02. The Morgan fingerprint density at radius 2 is 1.37 bits per heavy atom. The summed E-state index contributed by atoms with van der Waals surface area (Å²) in [6.45, 7) is 5.50. The smallest absolute Gasteiger partial charge is 0.305 e. The van der Waals surface area contributed by atoms with Gasteiger partial charge in [-0.15, -0.1) is 0 Å². The molecule has 3 heteroatoms. The first-order valence-corrected chi connectivity index (χ1v) is 8.02. The molecule has 0 bridgehead atoms. The van der Waals surface area contributed by atoms with Gasteiger partial charge in [0.1, 0.15) is 0 Å². The van der Waals surface area contributed by atoms with Gasteiger partial charge in [0, 0.05) is 6.42 Å². The number of carbonyl (C=O) groups is 1. The molecule has 0 aromatic carbocycles. The SMILES string of the molecule is CC(C)COC(=O)CCCCCCCCCCCN. The highest BCUT2D eigenvalue weighted by Gasteiger charge is 2.03. The van der Waals surface area contributed by atoms with Crippen molar-refractivity contribution >= 4 is 5.97 Å². The first kappa shape index (κ1) is 18.4. The van der Waals surface area contributed by atoms with Gasteiger partial charge in [-0.25, -0.2) is 0 Å². The van der Waals surface area contributed by atoms with E-state index in [2.05, 4.69) is 13.8 Å². The Morgan fingerprint density at radius 3 is 1.84 bits per heavy atom. The van der Waals surface area contributed by atoms with Crippen molar-refractivity contribution in [2.24, 2.45) is 11.7 Å². The molecule has 0 rings (SSSR count). The van der Waals surface area contributed by atoms with E-state index in [1.807, 2.05) is 0 Å². The number of carbonyl (C=O) groups excluding carboxylic acids is 1. The fourth-order valence-corrected chi connectivity index (χ4v) is 1.98. The summed E-state index contributed by atoms with van der Waals surface area (Å²) < 4.78 is 5.14. The molecule has 0 aliphatic rings. The highest BCUT2D eigenvalue weighted by Crippen LogP contribution is 2.10.